The van der Waals surface area contributed by atoms with Crippen molar-refractivity contribution in [1.29, 1.82) is 0 Å². The van der Waals surface area contributed by atoms with E-state index in [0.29, 0.717) is 13.1 Å². The minimum absolute atomic E-state index is 0.000605. The van der Waals surface area contributed by atoms with Crippen LogP contribution in [0.25, 0.3) is 0 Å². The van der Waals surface area contributed by atoms with Gasteiger partial charge in [0.25, 0.3) is 0 Å². The molecule has 0 radical (unpaired) electrons. The molecule has 4 rings (SSSR count). The molecule has 2 aromatic rings. The molecule has 5 heteroatoms. The van der Waals surface area contributed by atoms with Gasteiger partial charge < -0.3 is 19.5 Å². The van der Waals surface area contributed by atoms with Crippen LogP contribution in [-0.4, -0.2) is 42.3 Å². The highest BCUT2D eigenvalue weighted by Crippen LogP contribution is 2.49. The SMILES string of the molecule is COc1ccc(C2CC2C(=O)N(Cc2ccccc2O)CC2CCCO2)cc1. The van der Waals surface area contributed by atoms with Crippen molar-refractivity contribution in [1.82, 2.24) is 4.90 Å². The summed E-state index contributed by atoms with van der Waals surface area (Å²) < 4.78 is 11.0. The molecule has 5 nitrogen and oxygen atoms in total. The molecule has 0 spiro atoms. The number of carbonyl (C=O) groups excluding carboxylic acids is 1. The molecule has 2 aromatic carbocycles. The number of rotatable bonds is 7. The Balaban J connectivity index is 1.47. The molecule has 1 amide bonds. The maximum atomic E-state index is 13.3. The molecular weight excluding hydrogens is 354 g/mol. The average molecular weight is 381 g/mol. The molecule has 3 atom stereocenters. The van der Waals surface area contributed by atoms with Crippen molar-refractivity contribution in [3.63, 3.8) is 0 Å². The number of hydrogen-bond acceptors (Lipinski definition) is 4. The van der Waals surface area contributed by atoms with Gasteiger partial charge in [-0.1, -0.05) is 30.3 Å². The molecule has 1 N–H and O–H groups in total. The van der Waals surface area contributed by atoms with E-state index in [1.54, 1.807) is 19.2 Å². The van der Waals surface area contributed by atoms with Crippen LogP contribution in [0.15, 0.2) is 48.5 Å². The van der Waals surface area contributed by atoms with Crippen molar-refractivity contribution in [3.8, 4) is 11.5 Å². The van der Waals surface area contributed by atoms with E-state index in [0.717, 1.165) is 37.2 Å². The largest absolute Gasteiger partial charge is 0.508 e. The number of methoxy groups -OCH3 is 1. The zero-order chi connectivity index (χ0) is 19.5. The molecule has 3 unspecified atom stereocenters. The van der Waals surface area contributed by atoms with E-state index in [2.05, 4.69) is 0 Å². The monoisotopic (exact) mass is 381 g/mol. The number of aromatic hydroxyl groups is 1. The van der Waals surface area contributed by atoms with E-state index in [1.165, 1.54) is 5.56 Å². The molecule has 2 aliphatic rings. The standard InChI is InChI=1S/C23H27NO4/c1-27-18-10-8-16(9-11-18)20-13-21(20)23(26)24(15-19-6-4-12-28-19)14-17-5-2-3-7-22(17)25/h2-3,5,7-11,19-21,25H,4,6,12-15H2,1H3. The third kappa shape index (κ3) is 4.14. The van der Waals surface area contributed by atoms with Crippen molar-refractivity contribution in [3.05, 3.63) is 59.7 Å². The molecule has 28 heavy (non-hydrogen) atoms. The van der Waals surface area contributed by atoms with Crippen molar-refractivity contribution in [2.75, 3.05) is 20.3 Å². The summed E-state index contributed by atoms with van der Waals surface area (Å²) in [4.78, 5) is 15.2. The van der Waals surface area contributed by atoms with Crippen LogP contribution in [-0.2, 0) is 16.1 Å². The molecule has 1 saturated heterocycles. The third-order valence-electron chi connectivity index (χ3n) is 5.76. The van der Waals surface area contributed by atoms with Gasteiger partial charge in [-0.15, -0.1) is 0 Å². The summed E-state index contributed by atoms with van der Waals surface area (Å²) in [6, 6.07) is 15.2. The Labute approximate surface area is 165 Å². The van der Waals surface area contributed by atoms with Crippen molar-refractivity contribution in [2.45, 2.75) is 37.8 Å². The van der Waals surface area contributed by atoms with Crippen molar-refractivity contribution < 1.29 is 19.4 Å². The number of nitrogens with zero attached hydrogens (tertiary/aromatic N) is 1. The maximum Gasteiger partial charge on any atom is 0.226 e. The lowest BCUT2D eigenvalue weighted by Crippen LogP contribution is -2.38. The second-order valence-electron chi connectivity index (χ2n) is 7.70. The second kappa shape index (κ2) is 8.23. The molecule has 1 heterocycles. The normalized spacial score (nSPS) is 23.4. The number of amides is 1. The highest BCUT2D eigenvalue weighted by molar-refractivity contribution is 5.83. The number of phenols is 1. The Morgan fingerprint density at radius 3 is 2.68 bits per heavy atom. The van der Waals surface area contributed by atoms with Crippen LogP contribution in [0, 0.1) is 5.92 Å². The Morgan fingerprint density at radius 1 is 1.21 bits per heavy atom. The van der Waals surface area contributed by atoms with E-state index in [9.17, 15) is 9.90 Å². The first-order valence-corrected chi connectivity index (χ1v) is 9.97. The Hall–Kier alpha value is -2.53. The smallest absolute Gasteiger partial charge is 0.226 e. The summed E-state index contributed by atoms with van der Waals surface area (Å²) >= 11 is 0. The number of carbonyl (C=O) groups is 1. The predicted molar refractivity (Wildman–Crippen MR) is 106 cm³/mol. The third-order valence-corrected chi connectivity index (χ3v) is 5.76. The zero-order valence-corrected chi connectivity index (χ0v) is 16.2. The van der Waals surface area contributed by atoms with Crippen molar-refractivity contribution in [2.24, 2.45) is 5.92 Å². The zero-order valence-electron chi connectivity index (χ0n) is 16.2. The molecular formula is C23H27NO4. The minimum atomic E-state index is 0.000605. The van der Waals surface area contributed by atoms with E-state index in [1.807, 2.05) is 41.3 Å². The van der Waals surface area contributed by atoms with Crippen LogP contribution >= 0.6 is 0 Å². The molecule has 1 aliphatic heterocycles. The fourth-order valence-electron chi connectivity index (χ4n) is 4.04. The molecule has 2 fully saturated rings. The number of para-hydroxylation sites is 1. The summed E-state index contributed by atoms with van der Waals surface area (Å²) in [5.41, 5.74) is 1.95. The topological polar surface area (TPSA) is 59.0 Å². The average Bonchev–Trinajstić information content (AvgIpc) is 3.36. The molecule has 0 aromatic heterocycles. The van der Waals surface area contributed by atoms with Crippen LogP contribution in [0.4, 0.5) is 0 Å². The van der Waals surface area contributed by atoms with E-state index in [-0.39, 0.29) is 29.6 Å². The van der Waals surface area contributed by atoms with Crippen LogP contribution in [0.5, 0.6) is 11.5 Å². The molecule has 0 bridgehead atoms. The van der Waals surface area contributed by atoms with Gasteiger partial charge in [0.2, 0.25) is 5.91 Å². The van der Waals surface area contributed by atoms with E-state index < -0.39 is 0 Å². The summed E-state index contributed by atoms with van der Waals surface area (Å²) in [5, 5.41) is 10.2. The first kappa shape index (κ1) is 18.8. The summed E-state index contributed by atoms with van der Waals surface area (Å²) in [6.45, 7) is 1.76. The number of hydrogen-bond donors (Lipinski definition) is 1. The quantitative estimate of drug-likeness (QED) is 0.794. The first-order chi connectivity index (χ1) is 13.7. The number of phenolic OH excluding ortho intramolecular Hbond substituents is 1. The Morgan fingerprint density at radius 2 is 2.00 bits per heavy atom. The van der Waals surface area contributed by atoms with Gasteiger partial charge in [0.1, 0.15) is 11.5 Å². The fourth-order valence-corrected chi connectivity index (χ4v) is 4.04. The van der Waals surface area contributed by atoms with Gasteiger partial charge in [-0.25, -0.2) is 0 Å². The molecule has 1 saturated carbocycles. The summed E-state index contributed by atoms with van der Waals surface area (Å²) in [7, 11) is 1.65. The number of ether oxygens (including phenoxy) is 2. The van der Waals surface area contributed by atoms with Gasteiger partial charge in [-0.3, -0.25) is 4.79 Å². The first-order valence-electron chi connectivity index (χ1n) is 9.97. The van der Waals surface area contributed by atoms with Crippen LogP contribution < -0.4 is 4.74 Å². The molecule has 1 aliphatic carbocycles. The lowest BCUT2D eigenvalue weighted by atomic mass is 10.1. The molecule has 148 valence electrons. The van der Waals surface area contributed by atoms with E-state index in [4.69, 9.17) is 9.47 Å². The lowest BCUT2D eigenvalue weighted by molar-refractivity contribution is -0.135. The van der Waals surface area contributed by atoms with Crippen LogP contribution in [0.2, 0.25) is 0 Å². The highest BCUT2D eigenvalue weighted by atomic mass is 16.5. The van der Waals surface area contributed by atoms with Gasteiger partial charge in [0, 0.05) is 31.2 Å². The van der Waals surface area contributed by atoms with E-state index >= 15 is 0 Å². The van der Waals surface area contributed by atoms with Crippen molar-refractivity contribution >= 4 is 5.91 Å². The van der Waals surface area contributed by atoms with Crippen LogP contribution in [0.1, 0.15) is 36.3 Å². The maximum absolute atomic E-state index is 13.3. The summed E-state index contributed by atoms with van der Waals surface area (Å²) in [6.07, 6.45) is 2.99. The van der Waals surface area contributed by atoms with Gasteiger partial charge in [0.15, 0.2) is 0 Å². The minimum Gasteiger partial charge on any atom is -0.508 e. The van der Waals surface area contributed by atoms with Gasteiger partial charge >= 0.3 is 0 Å². The number of benzene rings is 2. The van der Waals surface area contributed by atoms with Crippen LogP contribution in [0.3, 0.4) is 0 Å². The lowest BCUT2D eigenvalue weighted by Gasteiger charge is -2.26. The van der Waals surface area contributed by atoms with Gasteiger partial charge in [0.05, 0.1) is 13.2 Å². The highest BCUT2D eigenvalue weighted by Gasteiger charge is 2.46. The van der Waals surface area contributed by atoms with Gasteiger partial charge in [-0.05, 0) is 48.9 Å². The fraction of sp³-hybridized carbons (Fsp3) is 0.435. The van der Waals surface area contributed by atoms with Gasteiger partial charge in [-0.2, -0.15) is 0 Å². The predicted octanol–water partition coefficient (Wildman–Crippen LogP) is 3.71. The Bertz CT molecular complexity index is 814. The second-order valence-corrected chi connectivity index (χ2v) is 7.70. The Kier molecular flexibility index (Phi) is 5.53. The summed E-state index contributed by atoms with van der Waals surface area (Å²) in [5.74, 6) is 1.47.